The Morgan fingerprint density at radius 2 is 1.79 bits per heavy atom. The maximum Gasteiger partial charge on any atom is 0.257 e. The molecule has 6 heteroatoms. The predicted molar refractivity (Wildman–Crippen MR) is 118 cm³/mol. The van der Waals surface area contributed by atoms with E-state index in [2.05, 4.69) is 28.5 Å². The molecular formula is C22H27N3O2S. The van der Waals surface area contributed by atoms with E-state index in [9.17, 15) is 4.79 Å². The van der Waals surface area contributed by atoms with Crippen molar-refractivity contribution < 1.29 is 9.53 Å². The summed E-state index contributed by atoms with van der Waals surface area (Å²) in [5, 5.41) is 6.23. The minimum atomic E-state index is -0.241. The van der Waals surface area contributed by atoms with Gasteiger partial charge in [0.1, 0.15) is 5.75 Å². The Labute approximate surface area is 172 Å². The molecule has 0 aliphatic carbocycles. The standard InChI is InChI=1S/C22H27N3O2S/c1-2-16-27-18-12-10-17(11-13-18)21(26)24-22(28)23-19-8-4-5-9-20(19)25-14-6-3-7-15-25/h4-5,8-13H,2-3,6-7,14-16H2,1H3,(H2,23,24,26,28). The van der Waals surface area contributed by atoms with Crippen LogP contribution >= 0.6 is 12.2 Å². The zero-order valence-corrected chi connectivity index (χ0v) is 17.1. The van der Waals surface area contributed by atoms with Gasteiger partial charge in [-0.05, 0) is 74.3 Å². The molecule has 0 radical (unpaired) electrons. The molecule has 1 heterocycles. The lowest BCUT2D eigenvalue weighted by Crippen LogP contribution is -2.35. The van der Waals surface area contributed by atoms with Gasteiger partial charge in [0.2, 0.25) is 0 Å². The molecule has 0 aromatic heterocycles. The van der Waals surface area contributed by atoms with Gasteiger partial charge in [0.15, 0.2) is 5.11 Å². The smallest absolute Gasteiger partial charge is 0.257 e. The summed E-state index contributed by atoms with van der Waals surface area (Å²) in [6, 6.07) is 15.2. The zero-order chi connectivity index (χ0) is 19.8. The first kappa shape index (κ1) is 20.1. The summed E-state index contributed by atoms with van der Waals surface area (Å²) in [4.78, 5) is 14.8. The number of thiocarbonyl (C=S) groups is 1. The zero-order valence-electron chi connectivity index (χ0n) is 16.2. The van der Waals surface area contributed by atoms with Crippen LogP contribution in [-0.2, 0) is 0 Å². The summed E-state index contributed by atoms with van der Waals surface area (Å²) in [5.74, 6) is 0.518. The van der Waals surface area contributed by atoms with Crippen molar-refractivity contribution in [1.29, 1.82) is 0 Å². The average Bonchev–Trinajstić information content (AvgIpc) is 2.73. The summed E-state index contributed by atoms with van der Waals surface area (Å²) in [7, 11) is 0. The maximum atomic E-state index is 12.5. The number of nitrogens with one attached hydrogen (secondary N) is 2. The molecule has 0 bridgehead atoms. The van der Waals surface area contributed by atoms with E-state index in [4.69, 9.17) is 17.0 Å². The summed E-state index contributed by atoms with van der Waals surface area (Å²) in [6.07, 6.45) is 4.63. The van der Waals surface area contributed by atoms with Gasteiger partial charge in [-0.2, -0.15) is 0 Å². The Bertz CT molecular complexity index is 802. The first-order valence-electron chi connectivity index (χ1n) is 9.86. The first-order valence-corrected chi connectivity index (χ1v) is 10.3. The van der Waals surface area contributed by atoms with Crippen LogP contribution in [0.4, 0.5) is 11.4 Å². The van der Waals surface area contributed by atoms with Crippen molar-refractivity contribution in [2.24, 2.45) is 0 Å². The Morgan fingerprint density at radius 1 is 1.07 bits per heavy atom. The van der Waals surface area contributed by atoms with E-state index in [-0.39, 0.29) is 5.91 Å². The number of anilines is 2. The SMILES string of the molecule is CCCOc1ccc(C(=O)NC(=S)Nc2ccccc2N2CCCCC2)cc1. The highest BCUT2D eigenvalue weighted by Gasteiger charge is 2.15. The monoisotopic (exact) mass is 397 g/mol. The van der Waals surface area contributed by atoms with Crippen LogP contribution < -0.4 is 20.3 Å². The van der Waals surface area contributed by atoms with E-state index >= 15 is 0 Å². The Hall–Kier alpha value is -2.60. The largest absolute Gasteiger partial charge is 0.494 e. The van der Waals surface area contributed by atoms with Crippen molar-refractivity contribution >= 4 is 34.6 Å². The molecule has 1 saturated heterocycles. The van der Waals surface area contributed by atoms with Crippen LogP contribution in [0.2, 0.25) is 0 Å². The van der Waals surface area contributed by atoms with Crippen molar-refractivity contribution in [3.8, 4) is 5.75 Å². The van der Waals surface area contributed by atoms with Crippen LogP contribution in [0.15, 0.2) is 48.5 Å². The lowest BCUT2D eigenvalue weighted by Gasteiger charge is -2.30. The van der Waals surface area contributed by atoms with Gasteiger partial charge in [-0.3, -0.25) is 10.1 Å². The van der Waals surface area contributed by atoms with Gasteiger partial charge in [-0.15, -0.1) is 0 Å². The molecule has 2 aromatic carbocycles. The second-order valence-electron chi connectivity index (χ2n) is 6.85. The molecule has 2 aromatic rings. The second-order valence-corrected chi connectivity index (χ2v) is 7.25. The highest BCUT2D eigenvalue weighted by atomic mass is 32.1. The van der Waals surface area contributed by atoms with E-state index in [1.165, 1.54) is 19.3 Å². The van der Waals surface area contributed by atoms with E-state index < -0.39 is 0 Å². The van der Waals surface area contributed by atoms with Crippen molar-refractivity contribution in [3.63, 3.8) is 0 Å². The summed E-state index contributed by atoms with van der Waals surface area (Å²) in [6.45, 7) is 4.81. The van der Waals surface area contributed by atoms with Crippen LogP contribution in [-0.4, -0.2) is 30.7 Å². The van der Waals surface area contributed by atoms with E-state index in [1.807, 2.05) is 18.2 Å². The Kier molecular flexibility index (Phi) is 7.25. The fourth-order valence-electron chi connectivity index (χ4n) is 3.24. The average molecular weight is 398 g/mol. The van der Waals surface area contributed by atoms with Gasteiger partial charge in [0, 0.05) is 18.7 Å². The number of ether oxygens (including phenoxy) is 1. The van der Waals surface area contributed by atoms with Crippen LogP contribution in [0.25, 0.3) is 0 Å². The normalized spacial score (nSPS) is 13.7. The van der Waals surface area contributed by atoms with Gasteiger partial charge >= 0.3 is 0 Å². The van der Waals surface area contributed by atoms with Gasteiger partial charge in [-0.1, -0.05) is 19.1 Å². The van der Waals surface area contributed by atoms with Crippen LogP contribution in [0.5, 0.6) is 5.75 Å². The fraction of sp³-hybridized carbons (Fsp3) is 0.364. The first-order chi connectivity index (χ1) is 13.7. The number of carbonyl (C=O) groups is 1. The molecule has 148 valence electrons. The summed E-state index contributed by atoms with van der Waals surface area (Å²) < 4.78 is 5.55. The fourth-order valence-corrected chi connectivity index (χ4v) is 3.44. The molecule has 28 heavy (non-hydrogen) atoms. The highest BCUT2D eigenvalue weighted by Crippen LogP contribution is 2.28. The number of hydrogen-bond acceptors (Lipinski definition) is 4. The minimum Gasteiger partial charge on any atom is -0.494 e. The molecule has 0 atom stereocenters. The van der Waals surface area contributed by atoms with Crippen molar-refractivity contribution in [2.75, 3.05) is 29.9 Å². The minimum absolute atomic E-state index is 0.241. The molecule has 2 N–H and O–H groups in total. The molecule has 1 amide bonds. The van der Waals surface area contributed by atoms with E-state index in [1.54, 1.807) is 24.3 Å². The molecule has 0 unspecified atom stereocenters. The maximum absolute atomic E-state index is 12.5. The van der Waals surface area contributed by atoms with Crippen LogP contribution in [0, 0.1) is 0 Å². The quantitative estimate of drug-likeness (QED) is 0.698. The number of para-hydroxylation sites is 2. The summed E-state index contributed by atoms with van der Waals surface area (Å²) in [5.41, 5.74) is 2.58. The number of amides is 1. The van der Waals surface area contributed by atoms with Crippen molar-refractivity contribution in [2.45, 2.75) is 32.6 Å². The molecule has 5 nitrogen and oxygen atoms in total. The highest BCUT2D eigenvalue weighted by molar-refractivity contribution is 7.80. The molecule has 1 aliphatic heterocycles. The predicted octanol–water partition coefficient (Wildman–Crippen LogP) is 4.59. The molecular weight excluding hydrogens is 370 g/mol. The number of hydrogen-bond donors (Lipinski definition) is 2. The van der Waals surface area contributed by atoms with Gasteiger partial charge in [0.05, 0.1) is 18.0 Å². The third kappa shape index (κ3) is 5.45. The number of carbonyl (C=O) groups excluding carboxylic acids is 1. The molecule has 1 aliphatic rings. The third-order valence-electron chi connectivity index (χ3n) is 4.67. The molecule has 0 spiro atoms. The van der Waals surface area contributed by atoms with Crippen LogP contribution in [0.1, 0.15) is 43.0 Å². The van der Waals surface area contributed by atoms with Gasteiger partial charge in [-0.25, -0.2) is 0 Å². The second kappa shape index (κ2) is 10.1. The Balaban J connectivity index is 1.60. The van der Waals surface area contributed by atoms with Gasteiger partial charge < -0.3 is 15.0 Å². The van der Waals surface area contributed by atoms with Gasteiger partial charge in [0.25, 0.3) is 5.91 Å². The van der Waals surface area contributed by atoms with E-state index in [0.29, 0.717) is 17.3 Å². The number of benzene rings is 2. The van der Waals surface area contributed by atoms with Crippen molar-refractivity contribution in [3.05, 3.63) is 54.1 Å². The number of piperidine rings is 1. The lowest BCUT2D eigenvalue weighted by molar-refractivity contribution is 0.0977. The number of rotatable bonds is 6. The summed E-state index contributed by atoms with van der Waals surface area (Å²) >= 11 is 5.37. The van der Waals surface area contributed by atoms with E-state index in [0.717, 1.165) is 36.6 Å². The Morgan fingerprint density at radius 3 is 2.50 bits per heavy atom. The number of nitrogens with zero attached hydrogens (tertiary/aromatic N) is 1. The molecule has 0 saturated carbocycles. The third-order valence-corrected chi connectivity index (χ3v) is 4.87. The lowest BCUT2D eigenvalue weighted by atomic mass is 10.1. The topological polar surface area (TPSA) is 53.6 Å². The van der Waals surface area contributed by atoms with Crippen LogP contribution in [0.3, 0.4) is 0 Å². The molecule has 3 rings (SSSR count). The van der Waals surface area contributed by atoms with Crippen molar-refractivity contribution in [1.82, 2.24) is 5.32 Å². The molecule has 1 fully saturated rings.